The lowest BCUT2D eigenvalue weighted by atomic mass is 9.70. The highest BCUT2D eigenvalue weighted by Crippen LogP contribution is 2.53. The van der Waals surface area contributed by atoms with Crippen LogP contribution in [-0.4, -0.2) is 46.5 Å². The molecule has 3 atom stereocenters. The predicted octanol–water partition coefficient (Wildman–Crippen LogP) is 2.12. The SMILES string of the molecule is CCc1ncc(S(=O)(=O)N2[C@H]3CC[C@@H]2[C@@](CO)(Cc2ccccc2)C3)[nH]1. The topological polar surface area (TPSA) is 86.3 Å². The Morgan fingerprint density at radius 1 is 1.31 bits per heavy atom. The zero-order valence-corrected chi connectivity index (χ0v) is 15.7. The van der Waals surface area contributed by atoms with E-state index in [-0.39, 0.29) is 23.7 Å². The first kappa shape index (κ1) is 17.7. The average molecular weight is 375 g/mol. The normalized spacial score (nSPS) is 28.7. The average Bonchev–Trinajstić information content (AvgIpc) is 3.36. The van der Waals surface area contributed by atoms with Crippen LogP contribution in [0, 0.1) is 5.41 Å². The second kappa shape index (κ2) is 6.48. The first-order valence-electron chi connectivity index (χ1n) is 9.22. The molecule has 7 heteroatoms. The second-order valence-electron chi connectivity index (χ2n) is 7.52. The molecule has 0 amide bonds. The van der Waals surface area contributed by atoms with Gasteiger partial charge in [0.15, 0.2) is 5.03 Å². The number of aromatic amines is 1. The number of H-pyrrole nitrogens is 1. The van der Waals surface area contributed by atoms with Crippen LogP contribution < -0.4 is 0 Å². The number of nitrogens with zero attached hydrogens (tertiary/aromatic N) is 2. The van der Waals surface area contributed by atoms with E-state index in [9.17, 15) is 13.5 Å². The monoisotopic (exact) mass is 375 g/mol. The molecule has 2 aromatic rings. The highest BCUT2D eigenvalue weighted by atomic mass is 32.2. The van der Waals surface area contributed by atoms with Gasteiger partial charge in [0.2, 0.25) is 0 Å². The Labute approximate surface area is 154 Å². The lowest BCUT2D eigenvalue weighted by molar-refractivity contribution is 0.0888. The minimum atomic E-state index is -3.63. The van der Waals surface area contributed by atoms with Crippen LogP contribution in [0.1, 0.15) is 37.6 Å². The van der Waals surface area contributed by atoms with Crippen LogP contribution in [0.3, 0.4) is 0 Å². The summed E-state index contributed by atoms with van der Waals surface area (Å²) in [5, 5.41) is 10.4. The summed E-state index contributed by atoms with van der Waals surface area (Å²) in [7, 11) is -3.63. The van der Waals surface area contributed by atoms with Gasteiger partial charge in [-0.3, -0.25) is 0 Å². The van der Waals surface area contributed by atoms with Crippen molar-refractivity contribution in [2.75, 3.05) is 6.61 Å². The lowest BCUT2D eigenvalue weighted by Crippen LogP contribution is -2.43. The number of aromatic nitrogens is 2. The lowest BCUT2D eigenvalue weighted by Gasteiger charge is -2.36. The number of rotatable bonds is 6. The molecule has 140 valence electrons. The maximum absolute atomic E-state index is 13.3. The van der Waals surface area contributed by atoms with Gasteiger partial charge < -0.3 is 10.1 Å². The van der Waals surface area contributed by atoms with Crippen molar-refractivity contribution in [3.05, 3.63) is 47.9 Å². The number of imidazole rings is 1. The number of nitrogens with one attached hydrogen (secondary N) is 1. The Bertz CT molecular complexity index is 880. The van der Waals surface area contributed by atoms with E-state index in [1.165, 1.54) is 6.20 Å². The van der Waals surface area contributed by atoms with E-state index in [4.69, 9.17) is 0 Å². The van der Waals surface area contributed by atoms with Crippen molar-refractivity contribution in [1.82, 2.24) is 14.3 Å². The number of aryl methyl sites for hydroxylation is 1. The van der Waals surface area contributed by atoms with Crippen LogP contribution in [0.2, 0.25) is 0 Å². The molecule has 2 fully saturated rings. The fraction of sp³-hybridized carbons (Fsp3) is 0.526. The van der Waals surface area contributed by atoms with Crippen LogP contribution in [0.4, 0.5) is 0 Å². The molecule has 6 nitrogen and oxygen atoms in total. The van der Waals surface area contributed by atoms with E-state index in [1.54, 1.807) is 4.31 Å². The van der Waals surface area contributed by atoms with E-state index in [1.807, 2.05) is 37.3 Å². The van der Waals surface area contributed by atoms with Crippen molar-refractivity contribution < 1.29 is 13.5 Å². The number of hydrogen-bond donors (Lipinski definition) is 2. The zero-order chi connectivity index (χ0) is 18.4. The Kier molecular flexibility index (Phi) is 4.41. The molecule has 1 aromatic carbocycles. The fourth-order valence-electron chi connectivity index (χ4n) is 4.78. The van der Waals surface area contributed by atoms with Crippen molar-refractivity contribution in [2.24, 2.45) is 5.41 Å². The number of aliphatic hydroxyl groups is 1. The van der Waals surface area contributed by atoms with Gasteiger partial charge in [0.1, 0.15) is 5.82 Å². The molecule has 1 aromatic heterocycles. The Hall–Kier alpha value is -1.70. The van der Waals surface area contributed by atoms with Crippen LogP contribution in [0.15, 0.2) is 41.6 Å². The molecule has 4 rings (SSSR count). The summed E-state index contributed by atoms with van der Waals surface area (Å²) in [4.78, 5) is 7.10. The number of fused-ring (bicyclic) bond motifs is 2. The van der Waals surface area contributed by atoms with Crippen LogP contribution in [0.5, 0.6) is 0 Å². The van der Waals surface area contributed by atoms with Crippen molar-refractivity contribution >= 4 is 10.0 Å². The molecule has 2 saturated heterocycles. The molecule has 0 saturated carbocycles. The molecular formula is C19H25N3O3S. The van der Waals surface area contributed by atoms with Gasteiger partial charge in [-0.15, -0.1) is 0 Å². The molecule has 26 heavy (non-hydrogen) atoms. The predicted molar refractivity (Wildman–Crippen MR) is 98.1 cm³/mol. The van der Waals surface area contributed by atoms with Gasteiger partial charge in [0, 0.05) is 23.9 Å². The highest BCUT2D eigenvalue weighted by molar-refractivity contribution is 7.89. The van der Waals surface area contributed by atoms with E-state index < -0.39 is 15.4 Å². The molecule has 0 radical (unpaired) electrons. The summed E-state index contributed by atoms with van der Waals surface area (Å²) >= 11 is 0. The molecule has 2 aliphatic rings. The minimum Gasteiger partial charge on any atom is -0.396 e. The standard InChI is InChI=1S/C19H25N3O3S/c1-2-17-20-12-18(21-17)26(24,25)22-15-8-9-16(22)19(11-15,13-23)10-14-6-4-3-5-7-14/h3-7,12,15-16,23H,2,8-11,13H2,1H3,(H,20,21)/t15-,16+,19-/m0/s1. The van der Waals surface area contributed by atoms with Gasteiger partial charge in [0.25, 0.3) is 10.0 Å². The summed E-state index contributed by atoms with van der Waals surface area (Å²) in [5.74, 6) is 0.674. The third kappa shape index (κ3) is 2.69. The molecule has 2 N–H and O–H groups in total. The second-order valence-corrected chi connectivity index (χ2v) is 9.33. The number of sulfonamides is 1. The maximum atomic E-state index is 13.3. The summed E-state index contributed by atoms with van der Waals surface area (Å²) < 4.78 is 28.2. The van der Waals surface area contributed by atoms with Crippen molar-refractivity contribution in [1.29, 1.82) is 0 Å². The van der Waals surface area contributed by atoms with Gasteiger partial charge in [-0.1, -0.05) is 37.3 Å². The van der Waals surface area contributed by atoms with Crippen molar-refractivity contribution in [3.63, 3.8) is 0 Å². The van der Waals surface area contributed by atoms with Crippen LogP contribution >= 0.6 is 0 Å². The third-order valence-corrected chi connectivity index (χ3v) is 7.87. The Balaban J connectivity index is 1.67. The van der Waals surface area contributed by atoms with Gasteiger partial charge >= 0.3 is 0 Å². The smallest absolute Gasteiger partial charge is 0.260 e. The number of benzene rings is 1. The zero-order valence-electron chi connectivity index (χ0n) is 14.9. The Morgan fingerprint density at radius 3 is 2.73 bits per heavy atom. The van der Waals surface area contributed by atoms with Gasteiger partial charge in [-0.25, -0.2) is 13.4 Å². The number of aliphatic hydroxyl groups excluding tert-OH is 1. The van der Waals surface area contributed by atoms with Crippen molar-refractivity contribution in [2.45, 2.75) is 56.1 Å². The molecule has 0 unspecified atom stereocenters. The fourth-order valence-corrected chi connectivity index (χ4v) is 6.68. The van der Waals surface area contributed by atoms with E-state index in [0.29, 0.717) is 25.1 Å². The largest absolute Gasteiger partial charge is 0.396 e. The molecule has 3 heterocycles. The highest BCUT2D eigenvalue weighted by Gasteiger charge is 2.59. The quantitative estimate of drug-likeness (QED) is 0.810. The van der Waals surface area contributed by atoms with Gasteiger partial charge in [-0.05, 0) is 31.2 Å². The molecule has 0 spiro atoms. The first-order valence-corrected chi connectivity index (χ1v) is 10.7. The Morgan fingerprint density at radius 2 is 2.08 bits per heavy atom. The molecule has 0 aliphatic carbocycles. The first-order chi connectivity index (χ1) is 12.5. The van der Waals surface area contributed by atoms with E-state index >= 15 is 0 Å². The number of hydrogen-bond acceptors (Lipinski definition) is 4. The molecule has 2 bridgehead atoms. The van der Waals surface area contributed by atoms with Crippen molar-refractivity contribution in [3.8, 4) is 0 Å². The summed E-state index contributed by atoms with van der Waals surface area (Å²) in [6.45, 7) is 1.93. The minimum absolute atomic E-state index is 0.00172. The van der Waals surface area contributed by atoms with E-state index in [2.05, 4.69) is 9.97 Å². The van der Waals surface area contributed by atoms with Gasteiger partial charge in [0.05, 0.1) is 12.8 Å². The maximum Gasteiger partial charge on any atom is 0.260 e. The summed E-state index contributed by atoms with van der Waals surface area (Å²) in [6.07, 6.45) is 5.14. The van der Waals surface area contributed by atoms with Crippen LogP contribution in [0.25, 0.3) is 0 Å². The molecule has 2 aliphatic heterocycles. The molecular weight excluding hydrogens is 350 g/mol. The van der Waals surface area contributed by atoms with Crippen LogP contribution in [-0.2, 0) is 22.9 Å². The summed E-state index contributed by atoms with van der Waals surface area (Å²) in [6, 6.07) is 9.81. The van der Waals surface area contributed by atoms with E-state index in [0.717, 1.165) is 18.4 Å². The summed E-state index contributed by atoms with van der Waals surface area (Å²) in [5.41, 5.74) is 0.728. The third-order valence-electron chi connectivity index (χ3n) is 6.00. The van der Waals surface area contributed by atoms with Gasteiger partial charge in [-0.2, -0.15) is 4.31 Å².